The third-order valence-electron chi connectivity index (χ3n) is 3.87. The van der Waals surface area contributed by atoms with Gasteiger partial charge in [-0.3, -0.25) is 0 Å². The molecule has 1 aromatic carbocycles. The van der Waals surface area contributed by atoms with E-state index in [2.05, 4.69) is 28.9 Å². The van der Waals surface area contributed by atoms with Crippen molar-refractivity contribution in [2.75, 3.05) is 6.54 Å². The predicted octanol–water partition coefficient (Wildman–Crippen LogP) is 4.36. The third-order valence-corrected chi connectivity index (χ3v) is 4.81. The van der Waals surface area contributed by atoms with Crippen LogP contribution in [0.25, 0.3) is 0 Å². The summed E-state index contributed by atoms with van der Waals surface area (Å²) in [5, 5.41) is 5.71. The maximum absolute atomic E-state index is 13.4. The van der Waals surface area contributed by atoms with Crippen LogP contribution in [-0.2, 0) is 6.42 Å². The third kappa shape index (κ3) is 3.90. The normalized spacial score (nSPS) is 16.2. The fourth-order valence-electron chi connectivity index (χ4n) is 2.51. The molecule has 0 aliphatic heterocycles. The first-order chi connectivity index (χ1) is 9.81. The predicted molar refractivity (Wildman–Crippen MR) is 82.8 cm³/mol. The standard InChI is InChI=1S/C17H20FNS/c18-15-4-1-3-13(11-15)14(12-19-16-7-8-16)6-9-17-5-2-10-20-17/h1-5,10-11,14,16,19H,6-9,12H2. The highest BCUT2D eigenvalue weighted by Crippen LogP contribution is 2.26. The fourth-order valence-corrected chi connectivity index (χ4v) is 3.24. The van der Waals surface area contributed by atoms with Crippen molar-refractivity contribution in [1.82, 2.24) is 5.32 Å². The van der Waals surface area contributed by atoms with Crippen molar-refractivity contribution >= 4 is 11.3 Å². The average molecular weight is 289 g/mol. The van der Waals surface area contributed by atoms with Gasteiger partial charge in [0.25, 0.3) is 0 Å². The van der Waals surface area contributed by atoms with Gasteiger partial charge in [-0.05, 0) is 60.7 Å². The molecule has 1 unspecified atom stereocenters. The maximum Gasteiger partial charge on any atom is 0.123 e. The molecule has 1 N–H and O–H groups in total. The number of nitrogens with one attached hydrogen (secondary N) is 1. The Hall–Kier alpha value is -1.19. The van der Waals surface area contributed by atoms with E-state index in [1.54, 1.807) is 17.4 Å². The molecule has 1 fully saturated rings. The van der Waals surface area contributed by atoms with Crippen molar-refractivity contribution in [3.05, 3.63) is 58.0 Å². The number of hydrogen-bond donors (Lipinski definition) is 1. The van der Waals surface area contributed by atoms with Gasteiger partial charge in [0.05, 0.1) is 0 Å². The van der Waals surface area contributed by atoms with Crippen LogP contribution < -0.4 is 5.32 Å². The van der Waals surface area contributed by atoms with E-state index in [1.807, 2.05) is 6.07 Å². The maximum atomic E-state index is 13.4. The van der Waals surface area contributed by atoms with Crippen LogP contribution in [-0.4, -0.2) is 12.6 Å². The summed E-state index contributed by atoms with van der Waals surface area (Å²) in [6.07, 6.45) is 4.73. The van der Waals surface area contributed by atoms with Gasteiger partial charge in [-0.25, -0.2) is 4.39 Å². The molecule has 20 heavy (non-hydrogen) atoms. The number of aryl methyl sites for hydroxylation is 1. The smallest absolute Gasteiger partial charge is 0.123 e. The SMILES string of the molecule is Fc1cccc(C(CCc2cccs2)CNC2CC2)c1. The number of hydrogen-bond acceptors (Lipinski definition) is 2. The van der Waals surface area contributed by atoms with E-state index in [0.29, 0.717) is 12.0 Å². The Kier molecular flexibility index (Phi) is 4.48. The van der Waals surface area contributed by atoms with E-state index < -0.39 is 0 Å². The van der Waals surface area contributed by atoms with Crippen LogP contribution in [0, 0.1) is 5.82 Å². The fraction of sp³-hybridized carbons (Fsp3) is 0.412. The number of rotatable bonds is 7. The average Bonchev–Trinajstić information content (AvgIpc) is 3.13. The Morgan fingerprint density at radius 2 is 2.15 bits per heavy atom. The zero-order valence-electron chi connectivity index (χ0n) is 11.5. The monoisotopic (exact) mass is 289 g/mol. The summed E-state index contributed by atoms with van der Waals surface area (Å²) in [6.45, 7) is 0.958. The Bertz CT molecular complexity index is 534. The molecule has 3 heteroatoms. The Morgan fingerprint density at radius 3 is 2.85 bits per heavy atom. The highest BCUT2D eigenvalue weighted by Gasteiger charge is 2.22. The van der Waals surface area contributed by atoms with Gasteiger partial charge in [0.1, 0.15) is 5.82 Å². The van der Waals surface area contributed by atoms with Gasteiger partial charge in [-0.15, -0.1) is 11.3 Å². The summed E-state index contributed by atoms with van der Waals surface area (Å²) in [5.74, 6) is 0.267. The quantitative estimate of drug-likeness (QED) is 0.799. The van der Waals surface area contributed by atoms with E-state index >= 15 is 0 Å². The first kappa shape index (κ1) is 13.8. The Labute approximate surface area is 123 Å². The van der Waals surface area contributed by atoms with Gasteiger partial charge in [0, 0.05) is 17.5 Å². The zero-order chi connectivity index (χ0) is 13.8. The summed E-state index contributed by atoms with van der Waals surface area (Å²) < 4.78 is 13.4. The van der Waals surface area contributed by atoms with E-state index in [4.69, 9.17) is 0 Å². The van der Waals surface area contributed by atoms with Crippen LogP contribution in [0.4, 0.5) is 4.39 Å². The lowest BCUT2D eigenvalue weighted by Crippen LogP contribution is -2.24. The van der Waals surface area contributed by atoms with Crippen LogP contribution in [0.5, 0.6) is 0 Å². The molecule has 0 spiro atoms. The van der Waals surface area contributed by atoms with Gasteiger partial charge in [0.2, 0.25) is 0 Å². The second-order valence-corrected chi connectivity index (χ2v) is 6.58. The van der Waals surface area contributed by atoms with Crippen molar-refractivity contribution in [2.24, 2.45) is 0 Å². The first-order valence-corrected chi connectivity index (χ1v) is 8.20. The zero-order valence-corrected chi connectivity index (χ0v) is 12.3. The minimum atomic E-state index is -0.130. The molecule has 0 amide bonds. The summed E-state index contributed by atoms with van der Waals surface area (Å²) in [7, 11) is 0. The highest BCUT2D eigenvalue weighted by atomic mass is 32.1. The van der Waals surface area contributed by atoms with Crippen molar-refractivity contribution in [2.45, 2.75) is 37.6 Å². The minimum Gasteiger partial charge on any atom is -0.313 e. The molecule has 0 saturated heterocycles. The van der Waals surface area contributed by atoms with Crippen molar-refractivity contribution in [3.8, 4) is 0 Å². The summed E-state index contributed by atoms with van der Waals surface area (Å²) in [6, 6.07) is 12.1. The highest BCUT2D eigenvalue weighted by molar-refractivity contribution is 7.09. The Morgan fingerprint density at radius 1 is 1.25 bits per heavy atom. The van der Waals surface area contributed by atoms with Crippen molar-refractivity contribution in [1.29, 1.82) is 0 Å². The molecule has 1 heterocycles. The summed E-state index contributed by atoms with van der Waals surface area (Å²) in [5.41, 5.74) is 1.12. The first-order valence-electron chi connectivity index (χ1n) is 7.32. The molecule has 106 valence electrons. The largest absolute Gasteiger partial charge is 0.313 e. The van der Waals surface area contributed by atoms with Crippen LogP contribution in [0.3, 0.4) is 0 Å². The van der Waals surface area contributed by atoms with E-state index in [1.165, 1.54) is 23.8 Å². The molecule has 1 aliphatic carbocycles. The van der Waals surface area contributed by atoms with E-state index in [0.717, 1.165) is 24.9 Å². The van der Waals surface area contributed by atoms with Gasteiger partial charge in [0.15, 0.2) is 0 Å². The van der Waals surface area contributed by atoms with Crippen LogP contribution in [0.2, 0.25) is 0 Å². The van der Waals surface area contributed by atoms with Gasteiger partial charge in [-0.1, -0.05) is 18.2 Å². The van der Waals surface area contributed by atoms with Crippen molar-refractivity contribution in [3.63, 3.8) is 0 Å². The lowest BCUT2D eigenvalue weighted by Gasteiger charge is -2.18. The molecule has 1 nitrogen and oxygen atoms in total. The van der Waals surface area contributed by atoms with Gasteiger partial charge in [-0.2, -0.15) is 0 Å². The minimum absolute atomic E-state index is 0.130. The molecule has 2 aromatic rings. The Balaban J connectivity index is 1.65. The second-order valence-electron chi connectivity index (χ2n) is 5.55. The van der Waals surface area contributed by atoms with Gasteiger partial charge >= 0.3 is 0 Å². The molecule has 1 aromatic heterocycles. The van der Waals surface area contributed by atoms with Crippen LogP contribution in [0.1, 0.15) is 35.6 Å². The lowest BCUT2D eigenvalue weighted by molar-refractivity contribution is 0.544. The molecule has 1 saturated carbocycles. The molecule has 1 atom stereocenters. The van der Waals surface area contributed by atoms with Crippen LogP contribution >= 0.6 is 11.3 Å². The number of thiophene rings is 1. The van der Waals surface area contributed by atoms with E-state index in [9.17, 15) is 4.39 Å². The molecular weight excluding hydrogens is 269 g/mol. The molecule has 3 rings (SSSR count). The summed E-state index contributed by atoms with van der Waals surface area (Å²) in [4.78, 5) is 1.41. The van der Waals surface area contributed by atoms with Crippen LogP contribution in [0.15, 0.2) is 41.8 Å². The molecule has 0 bridgehead atoms. The second kappa shape index (κ2) is 6.51. The topological polar surface area (TPSA) is 12.0 Å². The molecule has 1 aliphatic rings. The summed E-state index contributed by atoms with van der Waals surface area (Å²) >= 11 is 1.81. The molecular formula is C17H20FNS. The number of benzene rings is 1. The van der Waals surface area contributed by atoms with Gasteiger partial charge < -0.3 is 5.32 Å². The van der Waals surface area contributed by atoms with E-state index in [-0.39, 0.29) is 5.82 Å². The van der Waals surface area contributed by atoms with Crippen molar-refractivity contribution < 1.29 is 4.39 Å². The lowest BCUT2D eigenvalue weighted by atomic mass is 9.93. The number of halogens is 1. The molecule has 0 radical (unpaired) electrons.